The number of ether oxygens (including phenoxy) is 3. The minimum atomic E-state index is -0.779. The molecule has 0 spiro atoms. The van der Waals surface area contributed by atoms with Gasteiger partial charge in [0.1, 0.15) is 13.2 Å². The largest absolute Gasteiger partial charge is 0.462 e. The van der Waals surface area contributed by atoms with Gasteiger partial charge in [0, 0.05) is 19.3 Å². The first kappa shape index (κ1) is 72.4. The number of carbonyl (C=O) groups excluding carboxylic acids is 3. The van der Waals surface area contributed by atoms with E-state index in [9.17, 15) is 14.4 Å². The van der Waals surface area contributed by atoms with Crippen LogP contribution in [0.1, 0.15) is 355 Å². The lowest BCUT2D eigenvalue weighted by atomic mass is 10.0. The fraction of sp³-hybridized carbons (Fsp3) is 0.841. The Bertz CT molecular complexity index is 1300. The molecule has 0 aliphatic carbocycles. The van der Waals surface area contributed by atoms with Crippen molar-refractivity contribution in [1.82, 2.24) is 0 Å². The Labute approximate surface area is 467 Å². The predicted molar refractivity (Wildman–Crippen MR) is 325 cm³/mol. The van der Waals surface area contributed by atoms with Crippen molar-refractivity contribution in [2.75, 3.05) is 13.2 Å². The van der Waals surface area contributed by atoms with E-state index in [2.05, 4.69) is 69.4 Å². The fourth-order valence-corrected chi connectivity index (χ4v) is 9.80. The van der Waals surface area contributed by atoms with Crippen LogP contribution in [-0.2, 0) is 28.6 Å². The van der Waals surface area contributed by atoms with E-state index in [4.69, 9.17) is 14.2 Å². The predicted octanol–water partition coefficient (Wildman–Crippen LogP) is 22.6. The second-order valence-corrected chi connectivity index (χ2v) is 22.4. The number of unbranched alkanes of at least 4 members (excludes halogenated alkanes) is 42. The van der Waals surface area contributed by atoms with Crippen LogP contribution in [0.2, 0.25) is 0 Å². The summed E-state index contributed by atoms with van der Waals surface area (Å²) in [4.78, 5) is 38.4. The van der Waals surface area contributed by atoms with Crippen molar-refractivity contribution in [1.29, 1.82) is 0 Å². The molecule has 0 aliphatic heterocycles. The zero-order chi connectivity index (χ0) is 54.3. The van der Waals surface area contributed by atoms with Gasteiger partial charge in [0.05, 0.1) is 0 Å². The van der Waals surface area contributed by atoms with Crippen LogP contribution in [0.4, 0.5) is 0 Å². The SMILES string of the molecule is CCCCC/C=C\C/C=C\C/C=C\CCCCCCCCC(=O)OCC(COC(=O)CCCCCCCCCCCCCCCCCCCCC)OC(=O)CCCCCCCCCCC/C=C\CCCCCCCC. The van der Waals surface area contributed by atoms with Crippen molar-refractivity contribution < 1.29 is 28.6 Å². The molecule has 0 fully saturated rings. The Morgan fingerprint density at radius 1 is 0.267 bits per heavy atom. The second kappa shape index (κ2) is 63.9. The highest BCUT2D eigenvalue weighted by atomic mass is 16.6. The Hall–Kier alpha value is -2.63. The van der Waals surface area contributed by atoms with Crippen LogP contribution >= 0.6 is 0 Å². The molecule has 1 unspecified atom stereocenters. The van der Waals surface area contributed by atoms with Crippen molar-refractivity contribution in [2.24, 2.45) is 0 Å². The molecule has 75 heavy (non-hydrogen) atoms. The number of rotatable bonds is 61. The summed E-state index contributed by atoms with van der Waals surface area (Å²) in [6, 6.07) is 0. The minimum absolute atomic E-state index is 0.0742. The van der Waals surface area contributed by atoms with Crippen molar-refractivity contribution in [3.8, 4) is 0 Å². The first-order chi connectivity index (χ1) is 37.0. The molecule has 0 aliphatic rings. The van der Waals surface area contributed by atoms with Crippen LogP contribution in [0.15, 0.2) is 48.6 Å². The zero-order valence-electron chi connectivity index (χ0n) is 50.3. The van der Waals surface area contributed by atoms with E-state index in [1.807, 2.05) is 0 Å². The van der Waals surface area contributed by atoms with E-state index in [0.717, 1.165) is 77.0 Å². The molecule has 6 heteroatoms. The first-order valence-corrected chi connectivity index (χ1v) is 33.1. The van der Waals surface area contributed by atoms with Gasteiger partial charge in [-0.2, -0.15) is 0 Å². The van der Waals surface area contributed by atoms with Gasteiger partial charge in [-0.05, 0) is 83.5 Å². The van der Waals surface area contributed by atoms with Crippen molar-refractivity contribution in [3.63, 3.8) is 0 Å². The van der Waals surface area contributed by atoms with Crippen molar-refractivity contribution in [3.05, 3.63) is 48.6 Å². The van der Waals surface area contributed by atoms with Crippen LogP contribution < -0.4 is 0 Å². The van der Waals surface area contributed by atoms with Crippen LogP contribution in [0.3, 0.4) is 0 Å². The summed E-state index contributed by atoms with van der Waals surface area (Å²) in [5, 5.41) is 0. The number of hydrogen-bond donors (Lipinski definition) is 0. The molecular formula is C69H126O6. The summed E-state index contributed by atoms with van der Waals surface area (Å²) < 4.78 is 17.0. The third-order valence-corrected chi connectivity index (χ3v) is 14.8. The molecule has 0 saturated heterocycles. The molecule has 0 aromatic rings. The number of carbonyl (C=O) groups is 3. The first-order valence-electron chi connectivity index (χ1n) is 33.1. The number of hydrogen-bond acceptors (Lipinski definition) is 6. The molecule has 0 rings (SSSR count). The van der Waals surface area contributed by atoms with E-state index in [1.165, 1.54) is 238 Å². The third-order valence-electron chi connectivity index (χ3n) is 14.8. The summed E-state index contributed by atoms with van der Waals surface area (Å²) in [6.45, 7) is 6.66. The molecule has 438 valence electrons. The minimum Gasteiger partial charge on any atom is -0.462 e. The molecule has 1 atom stereocenters. The van der Waals surface area contributed by atoms with Crippen LogP contribution in [0.25, 0.3) is 0 Å². The summed E-state index contributed by atoms with van der Waals surface area (Å²) >= 11 is 0. The highest BCUT2D eigenvalue weighted by Gasteiger charge is 2.19. The van der Waals surface area contributed by atoms with Gasteiger partial charge in [0.25, 0.3) is 0 Å². The highest BCUT2D eigenvalue weighted by molar-refractivity contribution is 5.71. The summed E-state index contributed by atoms with van der Waals surface area (Å²) in [5.74, 6) is -0.866. The third kappa shape index (κ3) is 62.1. The maximum absolute atomic E-state index is 12.9. The lowest BCUT2D eigenvalue weighted by molar-refractivity contribution is -0.167. The van der Waals surface area contributed by atoms with Gasteiger partial charge in [0.15, 0.2) is 6.10 Å². The van der Waals surface area contributed by atoms with Gasteiger partial charge >= 0.3 is 17.9 Å². The van der Waals surface area contributed by atoms with Gasteiger partial charge in [-0.3, -0.25) is 14.4 Å². The Balaban J connectivity index is 4.36. The normalized spacial score (nSPS) is 12.3. The molecular weight excluding hydrogens is 925 g/mol. The molecule has 0 radical (unpaired) electrons. The fourth-order valence-electron chi connectivity index (χ4n) is 9.80. The second-order valence-electron chi connectivity index (χ2n) is 22.4. The van der Waals surface area contributed by atoms with E-state index >= 15 is 0 Å². The number of esters is 3. The molecule has 0 aromatic heterocycles. The van der Waals surface area contributed by atoms with Crippen LogP contribution in [0, 0.1) is 0 Å². The standard InChI is InChI=1S/C69H126O6/c1-4-7-10-13-16-19-22-25-28-31-34-37-40-43-46-49-52-55-58-61-67(70)73-64-66(75-69(72)63-60-57-54-51-48-45-42-39-36-33-30-27-24-21-18-15-12-9-6-3)65-74-68(71)62-59-56-53-50-47-44-41-38-35-32-29-26-23-20-17-14-11-8-5-2/h16,19,25,27-28,30,34,37,66H,4-15,17-18,20-24,26,29,31-33,35-36,38-65H2,1-3H3/b19-16-,28-25-,30-27-,37-34-. The maximum atomic E-state index is 12.9. The Kier molecular flexibility index (Phi) is 61.7. The van der Waals surface area contributed by atoms with E-state index in [1.54, 1.807) is 0 Å². The van der Waals surface area contributed by atoms with Gasteiger partial charge in [-0.25, -0.2) is 0 Å². The number of allylic oxidation sites excluding steroid dienone is 8. The van der Waals surface area contributed by atoms with Crippen molar-refractivity contribution in [2.45, 2.75) is 361 Å². The van der Waals surface area contributed by atoms with Crippen molar-refractivity contribution >= 4 is 17.9 Å². The van der Waals surface area contributed by atoms with Crippen LogP contribution in [0.5, 0.6) is 0 Å². The Morgan fingerprint density at radius 3 is 0.787 bits per heavy atom. The average molecular weight is 1050 g/mol. The molecule has 0 heterocycles. The average Bonchev–Trinajstić information content (AvgIpc) is 3.41. The lowest BCUT2D eigenvalue weighted by Gasteiger charge is -2.18. The monoisotopic (exact) mass is 1050 g/mol. The molecule has 0 aromatic carbocycles. The molecule has 6 nitrogen and oxygen atoms in total. The lowest BCUT2D eigenvalue weighted by Crippen LogP contribution is -2.30. The summed E-state index contributed by atoms with van der Waals surface area (Å²) in [6.07, 6.45) is 79.7. The van der Waals surface area contributed by atoms with Gasteiger partial charge in [-0.1, -0.05) is 301 Å². The highest BCUT2D eigenvalue weighted by Crippen LogP contribution is 2.17. The maximum Gasteiger partial charge on any atom is 0.306 e. The smallest absolute Gasteiger partial charge is 0.306 e. The molecule has 0 amide bonds. The van der Waals surface area contributed by atoms with Gasteiger partial charge in [0.2, 0.25) is 0 Å². The molecule has 0 bridgehead atoms. The Morgan fingerprint density at radius 2 is 0.480 bits per heavy atom. The van der Waals surface area contributed by atoms with Crippen LogP contribution in [-0.4, -0.2) is 37.2 Å². The summed E-state index contributed by atoms with van der Waals surface area (Å²) in [5.41, 5.74) is 0. The quantitative estimate of drug-likeness (QED) is 0.0261. The van der Waals surface area contributed by atoms with Gasteiger partial charge < -0.3 is 14.2 Å². The summed E-state index contributed by atoms with van der Waals surface area (Å²) in [7, 11) is 0. The van der Waals surface area contributed by atoms with E-state index in [0.29, 0.717) is 19.3 Å². The van der Waals surface area contributed by atoms with Gasteiger partial charge in [-0.15, -0.1) is 0 Å². The van der Waals surface area contributed by atoms with E-state index < -0.39 is 6.10 Å². The topological polar surface area (TPSA) is 78.9 Å². The molecule has 0 saturated carbocycles. The zero-order valence-corrected chi connectivity index (χ0v) is 50.3. The molecule has 0 N–H and O–H groups in total. The van der Waals surface area contributed by atoms with E-state index in [-0.39, 0.29) is 31.1 Å².